The predicted molar refractivity (Wildman–Crippen MR) is 86.8 cm³/mol. The van der Waals surface area contributed by atoms with Crippen LogP contribution in [0.3, 0.4) is 0 Å². The lowest BCUT2D eigenvalue weighted by atomic mass is 9.49. The van der Waals surface area contributed by atoms with Crippen molar-refractivity contribution in [1.82, 2.24) is 15.0 Å². The van der Waals surface area contributed by atoms with Gasteiger partial charge in [-0.15, -0.1) is 0 Å². The maximum absolute atomic E-state index is 11.8. The fourth-order valence-corrected chi connectivity index (χ4v) is 5.82. The predicted octanol–water partition coefficient (Wildman–Crippen LogP) is 1.07. The lowest BCUT2D eigenvalue weighted by Gasteiger charge is -2.58. The van der Waals surface area contributed by atoms with Gasteiger partial charge in [0.15, 0.2) is 0 Å². The summed E-state index contributed by atoms with van der Waals surface area (Å²) in [5.74, 6) is 1.95. The number of H-pyrrole nitrogens is 2. The molecular weight excluding hydrogens is 294 g/mol. The molecule has 4 bridgehead atoms. The van der Waals surface area contributed by atoms with Crippen LogP contribution in [0.5, 0.6) is 0 Å². The first-order valence-electron chi connectivity index (χ1n) is 8.33. The van der Waals surface area contributed by atoms with Crippen molar-refractivity contribution >= 4 is 22.5 Å². The van der Waals surface area contributed by atoms with Gasteiger partial charge in [0, 0.05) is 5.92 Å². The monoisotopic (exact) mass is 315 g/mol. The number of nitrogens with zero attached hydrogens (tertiary/aromatic N) is 1. The Hall–Kier alpha value is -2.02. The van der Waals surface area contributed by atoms with E-state index in [4.69, 9.17) is 11.5 Å². The van der Waals surface area contributed by atoms with Crippen LogP contribution in [0.25, 0.3) is 11.0 Å². The summed E-state index contributed by atoms with van der Waals surface area (Å²) in [6.07, 6.45) is 4.86. The Balaban J connectivity index is 1.70. The van der Waals surface area contributed by atoms with Gasteiger partial charge >= 0.3 is 5.69 Å². The average Bonchev–Trinajstić information content (AvgIpc) is 2.84. The van der Waals surface area contributed by atoms with Gasteiger partial charge in [-0.3, -0.25) is 0 Å². The topological polar surface area (TPSA) is 134 Å². The first-order valence-corrected chi connectivity index (χ1v) is 8.33. The van der Waals surface area contributed by atoms with E-state index < -0.39 is 5.60 Å². The molecule has 0 aromatic carbocycles. The molecule has 4 aliphatic carbocycles. The van der Waals surface area contributed by atoms with Crippen LogP contribution in [0.15, 0.2) is 4.79 Å². The van der Waals surface area contributed by atoms with E-state index in [0.29, 0.717) is 34.5 Å². The molecule has 0 spiro atoms. The number of rotatable bonds is 1. The van der Waals surface area contributed by atoms with Gasteiger partial charge in [-0.25, -0.2) is 9.78 Å². The van der Waals surface area contributed by atoms with Crippen molar-refractivity contribution in [3.8, 4) is 0 Å². The molecule has 0 aliphatic heterocycles. The summed E-state index contributed by atoms with van der Waals surface area (Å²) in [6, 6.07) is 0. The summed E-state index contributed by atoms with van der Waals surface area (Å²) in [4.78, 5) is 21.9. The largest absolute Gasteiger partial charge is 0.394 e. The van der Waals surface area contributed by atoms with Gasteiger partial charge in [-0.05, 0) is 49.9 Å². The van der Waals surface area contributed by atoms with Crippen molar-refractivity contribution in [2.45, 2.75) is 43.6 Å². The average molecular weight is 315 g/mol. The molecule has 0 amide bonds. The third-order valence-electron chi connectivity index (χ3n) is 6.33. The Morgan fingerprint density at radius 1 is 1.09 bits per heavy atom. The minimum Gasteiger partial charge on any atom is -0.394 e. The van der Waals surface area contributed by atoms with Crippen LogP contribution in [0.1, 0.15) is 43.7 Å². The van der Waals surface area contributed by atoms with Gasteiger partial charge in [0.1, 0.15) is 11.5 Å². The fraction of sp³-hybridized carbons (Fsp3) is 0.625. The smallest absolute Gasteiger partial charge is 0.323 e. The summed E-state index contributed by atoms with van der Waals surface area (Å²) in [7, 11) is 0. The number of aliphatic hydroxyl groups is 1. The zero-order valence-electron chi connectivity index (χ0n) is 12.8. The van der Waals surface area contributed by atoms with Crippen LogP contribution >= 0.6 is 0 Å². The van der Waals surface area contributed by atoms with Crippen molar-refractivity contribution in [2.24, 2.45) is 17.8 Å². The number of anilines is 2. The van der Waals surface area contributed by atoms with Crippen LogP contribution in [0.2, 0.25) is 0 Å². The minimum atomic E-state index is -0.489. The minimum absolute atomic E-state index is 0.240. The van der Waals surface area contributed by atoms with Crippen molar-refractivity contribution in [3.63, 3.8) is 0 Å². The number of aromatic nitrogens is 3. The molecule has 4 aliphatic rings. The second-order valence-electron chi connectivity index (χ2n) is 7.85. The number of nitrogens with two attached hydrogens (primary N) is 2. The third kappa shape index (κ3) is 1.74. The zero-order chi connectivity index (χ0) is 15.9. The van der Waals surface area contributed by atoms with E-state index in [2.05, 4.69) is 15.0 Å². The van der Waals surface area contributed by atoms with E-state index in [1.807, 2.05) is 0 Å². The van der Waals surface area contributed by atoms with Crippen LogP contribution < -0.4 is 17.2 Å². The first-order chi connectivity index (χ1) is 10.9. The molecule has 4 fully saturated rings. The van der Waals surface area contributed by atoms with Crippen molar-refractivity contribution in [3.05, 3.63) is 16.2 Å². The van der Waals surface area contributed by atoms with Crippen LogP contribution in [-0.2, 0) is 0 Å². The standard InChI is InChI=1S/C16H21N5O2/c17-10-12-13(21-15(22)20-12)11(19-14(10)18)9-7-1-6-2-8(9)5-16(23,3-6)4-7/h6-9,23H,1-5,17H2,(H2,18,19)(H2,20,21,22). The van der Waals surface area contributed by atoms with E-state index in [1.165, 1.54) is 0 Å². The fourth-order valence-electron chi connectivity index (χ4n) is 5.82. The normalized spacial score (nSPS) is 38.5. The Labute approximate surface area is 132 Å². The summed E-state index contributed by atoms with van der Waals surface area (Å²) in [5.41, 5.74) is 13.6. The molecule has 122 valence electrons. The number of aromatic amines is 2. The zero-order valence-corrected chi connectivity index (χ0v) is 12.8. The van der Waals surface area contributed by atoms with E-state index in [0.717, 1.165) is 37.8 Å². The van der Waals surface area contributed by atoms with Crippen LogP contribution in [0, 0.1) is 17.8 Å². The quantitative estimate of drug-likeness (QED) is 0.536. The van der Waals surface area contributed by atoms with E-state index >= 15 is 0 Å². The number of hydrogen-bond acceptors (Lipinski definition) is 5. The van der Waals surface area contributed by atoms with Crippen molar-refractivity contribution in [1.29, 1.82) is 0 Å². The second kappa shape index (κ2) is 4.08. The lowest BCUT2D eigenvalue weighted by Crippen LogP contribution is -2.53. The highest BCUT2D eigenvalue weighted by atomic mass is 16.3. The highest BCUT2D eigenvalue weighted by Crippen LogP contribution is 2.61. The Morgan fingerprint density at radius 3 is 2.39 bits per heavy atom. The summed E-state index contributed by atoms with van der Waals surface area (Å²) < 4.78 is 0. The highest BCUT2D eigenvalue weighted by molar-refractivity contribution is 5.93. The SMILES string of the molecule is Nc1nc(C2C3CC4CC2CC(O)(C4)C3)c2[nH]c(=O)[nH]c2c1N. The molecule has 0 saturated heterocycles. The number of nitrogen functional groups attached to an aromatic ring is 2. The molecule has 0 radical (unpaired) electrons. The summed E-state index contributed by atoms with van der Waals surface area (Å²) >= 11 is 0. The van der Waals surface area contributed by atoms with Crippen molar-refractivity contribution < 1.29 is 5.11 Å². The molecule has 6 rings (SSSR count). The van der Waals surface area contributed by atoms with Gasteiger partial charge in [0.05, 0.1) is 22.3 Å². The second-order valence-corrected chi connectivity index (χ2v) is 7.85. The van der Waals surface area contributed by atoms with Crippen LogP contribution in [0.4, 0.5) is 11.5 Å². The van der Waals surface area contributed by atoms with E-state index in [9.17, 15) is 9.90 Å². The number of nitrogens with one attached hydrogen (secondary N) is 2. The molecule has 2 heterocycles. The highest BCUT2D eigenvalue weighted by Gasteiger charge is 2.55. The summed E-state index contributed by atoms with van der Waals surface area (Å²) in [6.45, 7) is 0. The lowest BCUT2D eigenvalue weighted by molar-refractivity contribution is -0.135. The van der Waals surface area contributed by atoms with Gasteiger partial charge in [0.25, 0.3) is 0 Å². The molecule has 2 unspecified atom stereocenters. The van der Waals surface area contributed by atoms with Gasteiger partial charge in [0.2, 0.25) is 0 Å². The molecule has 2 atom stereocenters. The van der Waals surface area contributed by atoms with E-state index in [1.54, 1.807) is 0 Å². The molecule has 23 heavy (non-hydrogen) atoms. The molecule has 2 aromatic rings. The molecule has 4 saturated carbocycles. The van der Waals surface area contributed by atoms with Gasteiger partial charge in [-0.1, -0.05) is 0 Å². The van der Waals surface area contributed by atoms with Crippen LogP contribution in [-0.4, -0.2) is 25.7 Å². The summed E-state index contributed by atoms with van der Waals surface area (Å²) in [5, 5.41) is 10.8. The molecule has 7 heteroatoms. The molecule has 7 nitrogen and oxygen atoms in total. The van der Waals surface area contributed by atoms with E-state index in [-0.39, 0.29) is 17.4 Å². The molecule has 2 aromatic heterocycles. The Kier molecular flexibility index (Phi) is 2.38. The third-order valence-corrected chi connectivity index (χ3v) is 6.33. The molecule has 7 N–H and O–H groups in total. The molecular formula is C16H21N5O2. The van der Waals surface area contributed by atoms with Gasteiger partial charge < -0.3 is 26.5 Å². The number of pyridine rings is 1. The maximum atomic E-state index is 11.8. The number of hydrogen-bond donors (Lipinski definition) is 5. The van der Waals surface area contributed by atoms with Crippen molar-refractivity contribution in [2.75, 3.05) is 11.5 Å². The number of fused-ring (bicyclic) bond motifs is 1. The maximum Gasteiger partial charge on any atom is 0.323 e. The van der Waals surface area contributed by atoms with Gasteiger partial charge in [-0.2, -0.15) is 0 Å². The number of imidazole rings is 1. The first kappa shape index (κ1) is 13.4. The Morgan fingerprint density at radius 2 is 1.74 bits per heavy atom. The Bertz CT molecular complexity index is 853.